The molecular weight excluding hydrogens is 266 g/mol. The zero-order valence-corrected chi connectivity index (χ0v) is 14.1. The molecule has 0 saturated heterocycles. The van der Waals surface area contributed by atoms with E-state index >= 15 is 0 Å². The number of hydrogen-bond acceptors (Lipinski definition) is 1. The Morgan fingerprint density at radius 1 is 0.682 bits per heavy atom. The molecule has 0 amide bonds. The molecule has 0 N–H and O–H groups in total. The lowest BCUT2D eigenvalue weighted by atomic mass is 10.0. The van der Waals surface area contributed by atoms with Gasteiger partial charge in [-0.3, -0.25) is 4.90 Å². The molecule has 0 unspecified atom stereocenters. The summed E-state index contributed by atoms with van der Waals surface area (Å²) in [6.07, 6.45) is 5.14. The fraction of sp³-hybridized carbons (Fsp3) is 0.429. The van der Waals surface area contributed by atoms with Crippen molar-refractivity contribution in [1.29, 1.82) is 0 Å². The van der Waals surface area contributed by atoms with Crippen molar-refractivity contribution in [3.63, 3.8) is 0 Å². The Morgan fingerprint density at radius 2 is 1.23 bits per heavy atom. The molecule has 0 aromatic heterocycles. The van der Waals surface area contributed by atoms with Crippen LogP contribution in [-0.2, 0) is 6.54 Å². The number of hydrogen-bond donors (Lipinski definition) is 0. The SMILES string of the molecule is CCCCN(CCCC)Cc1ccc(-c2ccccc2)cc1. The second kappa shape index (κ2) is 9.42. The van der Waals surface area contributed by atoms with Gasteiger partial charge in [-0.1, -0.05) is 81.3 Å². The van der Waals surface area contributed by atoms with Gasteiger partial charge in [0.2, 0.25) is 0 Å². The van der Waals surface area contributed by atoms with Crippen LogP contribution in [0.25, 0.3) is 11.1 Å². The molecule has 0 aliphatic rings. The molecule has 2 rings (SSSR count). The molecule has 0 atom stereocenters. The van der Waals surface area contributed by atoms with E-state index in [-0.39, 0.29) is 0 Å². The zero-order valence-electron chi connectivity index (χ0n) is 14.1. The van der Waals surface area contributed by atoms with Crippen molar-refractivity contribution in [3.05, 3.63) is 60.2 Å². The molecule has 0 bridgehead atoms. The van der Waals surface area contributed by atoms with E-state index in [2.05, 4.69) is 73.3 Å². The maximum Gasteiger partial charge on any atom is 0.0233 e. The highest BCUT2D eigenvalue weighted by atomic mass is 15.1. The van der Waals surface area contributed by atoms with Crippen LogP contribution >= 0.6 is 0 Å². The Balaban J connectivity index is 1.99. The van der Waals surface area contributed by atoms with Crippen molar-refractivity contribution in [2.24, 2.45) is 0 Å². The van der Waals surface area contributed by atoms with Crippen LogP contribution in [0.4, 0.5) is 0 Å². The topological polar surface area (TPSA) is 3.24 Å². The molecule has 22 heavy (non-hydrogen) atoms. The summed E-state index contributed by atoms with van der Waals surface area (Å²) in [5.74, 6) is 0. The van der Waals surface area contributed by atoms with Gasteiger partial charge in [0.15, 0.2) is 0 Å². The van der Waals surface area contributed by atoms with E-state index < -0.39 is 0 Å². The predicted octanol–water partition coefficient (Wildman–Crippen LogP) is 5.76. The van der Waals surface area contributed by atoms with Crippen LogP contribution in [0.15, 0.2) is 54.6 Å². The Hall–Kier alpha value is -1.60. The summed E-state index contributed by atoms with van der Waals surface area (Å²) in [6, 6.07) is 19.7. The van der Waals surface area contributed by atoms with Crippen molar-refractivity contribution in [2.45, 2.75) is 46.1 Å². The van der Waals surface area contributed by atoms with E-state index in [9.17, 15) is 0 Å². The molecular formula is C21H29N. The smallest absolute Gasteiger partial charge is 0.0233 e. The Labute approximate surface area is 136 Å². The molecule has 0 aliphatic heterocycles. The molecule has 0 aliphatic carbocycles. The maximum atomic E-state index is 2.60. The number of unbranched alkanes of at least 4 members (excludes halogenated alkanes) is 2. The lowest BCUT2D eigenvalue weighted by Gasteiger charge is -2.22. The van der Waals surface area contributed by atoms with Crippen molar-refractivity contribution < 1.29 is 0 Å². The molecule has 0 fully saturated rings. The first kappa shape index (κ1) is 16.8. The van der Waals surface area contributed by atoms with Gasteiger partial charge in [-0.05, 0) is 42.6 Å². The molecule has 1 heteroatoms. The van der Waals surface area contributed by atoms with Crippen LogP contribution in [0, 0.1) is 0 Å². The highest BCUT2D eigenvalue weighted by Crippen LogP contribution is 2.20. The van der Waals surface area contributed by atoms with Gasteiger partial charge in [0, 0.05) is 6.54 Å². The molecule has 0 spiro atoms. The molecule has 0 heterocycles. The molecule has 1 nitrogen and oxygen atoms in total. The lowest BCUT2D eigenvalue weighted by Crippen LogP contribution is -2.25. The summed E-state index contributed by atoms with van der Waals surface area (Å²) in [5, 5.41) is 0. The predicted molar refractivity (Wildman–Crippen MR) is 97.0 cm³/mol. The van der Waals surface area contributed by atoms with E-state index in [1.54, 1.807) is 0 Å². The summed E-state index contributed by atoms with van der Waals surface area (Å²) in [5.41, 5.74) is 4.02. The first-order valence-corrected chi connectivity index (χ1v) is 8.70. The molecule has 0 saturated carbocycles. The van der Waals surface area contributed by atoms with Gasteiger partial charge in [-0.25, -0.2) is 0 Å². The van der Waals surface area contributed by atoms with Crippen LogP contribution in [0.2, 0.25) is 0 Å². The zero-order chi connectivity index (χ0) is 15.6. The third-order valence-electron chi connectivity index (χ3n) is 4.12. The minimum absolute atomic E-state index is 1.08. The van der Waals surface area contributed by atoms with Crippen LogP contribution < -0.4 is 0 Å². The summed E-state index contributed by atoms with van der Waals surface area (Å²) in [7, 11) is 0. The first-order valence-electron chi connectivity index (χ1n) is 8.70. The van der Waals surface area contributed by atoms with Gasteiger partial charge < -0.3 is 0 Å². The van der Waals surface area contributed by atoms with Crippen LogP contribution in [0.5, 0.6) is 0 Å². The van der Waals surface area contributed by atoms with E-state index in [1.165, 1.54) is 55.5 Å². The number of benzene rings is 2. The average Bonchev–Trinajstić information content (AvgIpc) is 2.58. The summed E-state index contributed by atoms with van der Waals surface area (Å²) >= 11 is 0. The van der Waals surface area contributed by atoms with Gasteiger partial charge >= 0.3 is 0 Å². The Bertz CT molecular complexity index is 507. The number of rotatable bonds is 9. The van der Waals surface area contributed by atoms with Crippen molar-refractivity contribution in [3.8, 4) is 11.1 Å². The van der Waals surface area contributed by atoms with E-state index in [0.717, 1.165) is 6.54 Å². The van der Waals surface area contributed by atoms with Gasteiger partial charge in [0.05, 0.1) is 0 Å². The number of nitrogens with zero attached hydrogens (tertiary/aromatic N) is 1. The lowest BCUT2D eigenvalue weighted by molar-refractivity contribution is 0.257. The largest absolute Gasteiger partial charge is 0.299 e. The van der Waals surface area contributed by atoms with Gasteiger partial charge in [-0.2, -0.15) is 0 Å². The second-order valence-corrected chi connectivity index (χ2v) is 6.05. The van der Waals surface area contributed by atoms with Gasteiger partial charge in [0.1, 0.15) is 0 Å². The van der Waals surface area contributed by atoms with Crippen molar-refractivity contribution in [2.75, 3.05) is 13.1 Å². The van der Waals surface area contributed by atoms with Gasteiger partial charge in [-0.15, -0.1) is 0 Å². The van der Waals surface area contributed by atoms with E-state index in [0.29, 0.717) is 0 Å². The highest BCUT2D eigenvalue weighted by Gasteiger charge is 2.05. The third-order valence-corrected chi connectivity index (χ3v) is 4.12. The van der Waals surface area contributed by atoms with Gasteiger partial charge in [0.25, 0.3) is 0 Å². The summed E-state index contributed by atoms with van der Waals surface area (Å²) in [6.45, 7) is 8.06. The fourth-order valence-electron chi connectivity index (χ4n) is 2.72. The van der Waals surface area contributed by atoms with Crippen molar-refractivity contribution >= 4 is 0 Å². The van der Waals surface area contributed by atoms with E-state index in [4.69, 9.17) is 0 Å². The summed E-state index contributed by atoms with van der Waals surface area (Å²) in [4.78, 5) is 2.60. The molecule has 2 aromatic carbocycles. The molecule has 2 aromatic rings. The molecule has 118 valence electrons. The minimum Gasteiger partial charge on any atom is -0.299 e. The minimum atomic E-state index is 1.08. The fourth-order valence-corrected chi connectivity index (χ4v) is 2.72. The quantitative estimate of drug-likeness (QED) is 0.569. The van der Waals surface area contributed by atoms with Crippen LogP contribution in [0.1, 0.15) is 45.1 Å². The molecule has 0 radical (unpaired) electrons. The standard InChI is InChI=1S/C21H29N/c1-3-5-16-22(17-6-4-2)18-19-12-14-21(15-13-19)20-10-8-7-9-11-20/h7-15H,3-6,16-18H2,1-2H3. The normalized spacial score (nSPS) is 11.0. The maximum absolute atomic E-state index is 2.60. The van der Waals surface area contributed by atoms with Crippen LogP contribution in [0.3, 0.4) is 0 Å². The van der Waals surface area contributed by atoms with Crippen LogP contribution in [-0.4, -0.2) is 18.0 Å². The highest BCUT2D eigenvalue weighted by molar-refractivity contribution is 5.63. The van der Waals surface area contributed by atoms with Crippen molar-refractivity contribution in [1.82, 2.24) is 4.90 Å². The summed E-state index contributed by atoms with van der Waals surface area (Å²) < 4.78 is 0. The Kier molecular flexibility index (Phi) is 7.18. The third kappa shape index (κ3) is 5.31. The first-order chi connectivity index (χ1) is 10.8. The Morgan fingerprint density at radius 3 is 1.77 bits per heavy atom. The second-order valence-electron chi connectivity index (χ2n) is 6.05. The average molecular weight is 295 g/mol. The monoisotopic (exact) mass is 295 g/mol. The van der Waals surface area contributed by atoms with E-state index in [1.807, 2.05) is 0 Å².